The van der Waals surface area contributed by atoms with Crippen molar-refractivity contribution >= 4 is 17.6 Å². The van der Waals surface area contributed by atoms with Gasteiger partial charge in [-0.2, -0.15) is 0 Å². The molecule has 1 aromatic carbocycles. The SMILES string of the molecule is CC(F)C(CC(=O)O)c1ccccc1Cl. The van der Waals surface area contributed by atoms with Crippen molar-refractivity contribution in [2.24, 2.45) is 0 Å². The molecule has 0 saturated carbocycles. The summed E-state index contributed by atoms with van der Waals surface area (Å²) in [5.41, 5.74) is 0.552. The molecule has 1 aromatic rings. The molecule has 0 aromatic heterocycles. The third kappa shape index (κ3) is 3.20. The molecule has 1 rings (SSSR count). The highest BCUT2D eigenvalue weighted by Gasteiger charge is 2.23. The molecular formula is C11H12ClFO2. The van der Waals surface area contributed by atoms with Gasteiger partial charge >= 0.3 is 5.97 Å². The van der Waals surface area contributed by atoms with Crippen molar-refractivity contribution in [2.75, 3.05) is 0 Å². The van der Waals surface area contributed by atoms with Crippen LogP contribution in [0.1, 0.15) is 24.8 Å². The first-order valence-electron chi connectivity index (χ1n) is 4.62. The molecule has 0 saturated heterocycles. The Balaban J connectivity index is 2.99. The molecule has 0 aliphatic rings. The van der Waals surface area contributed by atoms with E-state index in [1.165, 1.54) is 6.92 Å². The van der Waals surface area contributed by atoms with Crippen LogP contribution >= 0.6 is 11.6 Å². The molecule has 0 bridgehead atoms. The van der Waals surface area contributed by atoms with Crippen LogP contribution in [0.15, 0.2) is 24.3 Å². The van der Waals surface area contributed by atoms with Gasteiger partial charge in [-0.05, 0) is 18.6 Å². The Labute approximate surface area is 92.7 Å². The van der Waals surface area contributed by atoms with Crippen molar-refractivity contribution in [3.8, 4) is 0 Å². The van der Waals surface area contributed by atoms with E-state index in [-0.39, 0.29) is 6.42 Å². The second kappa shape index (κ2) is 5.12. The maximum absolute atomic E-state index is 13.3. The molecule has 2 nitrogen and oxygen atoms in total. The number of hydrogen-bond donors (Lipinski definition) is 1. The third-order valence-electron chi connectivity index (χ3n) is 2.25. The van der Waals surface area contributed by atoms with Gasteiger partial charge in [0.15, 0.2) is 0 Å². The largest absolute Gasteiger partial charge is 0.481 e. The first-order chi connectivity index (χ1) is 7.02. The highest BCUT2D eigenvalue weighted by molar-refractivity contribution is 6.31. The Morgan fingerprint density at radius 1 is 1.53 bits per heavy atom. The van der Waals surface area contributed by atoms with Crippen molar-refractivity contribution in [3.05, 3.63) is 34.9 Å². The molecule has 0 fully saturated rings. The van der Waals surface area contributed by atoms with E-state index in [1.54, 1.807) is 24.3 Å². The summed E-state index contributed by atoms with van der Waals surface area (Å²) in [5, 5.41) is 9.09. The highest BCUT2D eigenvalue weighted by atomic mass is 35.5. The second-order valence-corrected chi connectivity index (χ2v) is 3.81. The molecule has 0 aliphatic carbocycles. The van der Waals surface area contributed by atoms with Crippen molar-refractivity contribution in [1.29, 1.82) is 0 Å². The monoisotopic (exact) mass is 230 g/mol. The number of benzene rings is 1. The fraction of sp³-hybridized carbons (Fsp3) is 0.364. The van der Waals surface area contributed by atoms with Crippen LogP contribution in [0.2, 0.25) is 5.02 Å². The van der Waals surface area contributed by atoms with Gasteiger partial charge in [0.2, 0.25) is 0 Å². The highest BCUT2D eigenvalue weighted by Crippen LogP contribution is 2.31. The Kier molecular flexibility index (Phi) is 4.09. The van der Waals surface area contributed by atoms with Gasteiger partial charge in [-0.3, -0.25) is 4.79 Å². The summed E-state index contributed by atoms with van der Waals surface area (Å²) >= 11 is 5.89. The van der Waals surface area contributed by atoms with Crippen LogP contribution in [-0.4, -0.2) is 17.2 Å². The summed E-state index contributed by atoms with van der Waals surface area (Å²) in [6.07, 6.45) is -1.48. The van der Waals surface area contributed by atoms with E-state index in [0.29, 0.717) is 10.6 Å². The zero-order valence-corrected chi connectivity index (χ0v) is 9.04. The molecule has 0 radical (unpaired) electrons. The number of carboxylic acids is 1. The van der Waals surface area contributed by atoms with Gasteiger partial charge in [0.05, 0.1) is 6.42 Å². The molecule has 0 heterocycles. The Morgan fingerprint density at radius 2 is 2.13 bits per heavy atom. The van der Waals surface area contributed by atoms with Gasteiger partial charge in [-0.1, -0.05) is 29.8 Å². The van der Waals surface area contributed by atoms with Gasteiger partial charge in [0.1, 0.15) is 6.17 Å². The molecule has 15 heavy (non-hydrogen) atoms. The second-order valence-electron chi connectivity index (χ2n) is 3.40. The van der Waals surface area contributed by atoms with E-state index in [2.05, 4.69) is 0 Å². The lowest BCUT2D eigenvalue weighted by atomic mass is 9.92. The molecule has 1 N–H and O–H groups in total. The van der Waals surface area contributed by atoms with Crippen LogP contribution in [0.5, 0.6) is 0 Å². The van der Waals surface area contributed by atoms with Gasteiger partial charge in [0.25, 0.3) is 0 Å². The summed E-state index contributed by atoms with van der Waals surface area (Å²) in [6, 6.07) is 6.74. The smallest absolute Gasteiger partial charge is 0.304 e. The number of halogens is 2. The summed E-state index contributed by atoms with van der Waals surface area (Å²) in [7, 11) is 0. The quantitative estimate of drug-likeness (QED) is 0.862. The molecule has 2 atom stereocenters. The van der Waals surface area contributed by atoms with E-state index in [1.807, 2.05) is 0 Å². The average Bonchev–Trinajstić information content (AvgIpc) is 2.15. The van der Waals surface area contributed by atoms with Crippen molar-refractivity contribution in [1.82, 2.24) is 0 Å². The van der Waals surface area contributed by atoms with Gasteiger partial charge in [0, 0.05) is 10.9 Å². The maximum atomic E-state index is 13.3. The molecule has 2 unspecified atom stereocenters. The fourth-order valence-corrected chi connectivity index (χ4v) is 1.76. The Morgan fingerprint density at radius 3 is 2.60 bits per heavy atom. The predicted molar refractivity (Wildman–Crippen MR) is 57.0 cm³/mol. The van der Waals surface area contributed by atoms with Crippen LogP contribution in [0.3, 0.4) is 0 Å². The maximum Gasteiger partial charge on any atom is 0.304 e. The molecule has 0 spiro atoms. The number of rotatable bonds is 4. The van der Waals surface area contributed by atoms with Gasteiger partial charge < -0.3 is 5.11 Å². The lowest BCUT2D eigenvalue weighted by Gasteiger charge is -2.17. The summed E-state index contributed by atoms with van der Waals surface area (Å²) in [4.78, 5) is 10.6. The van der Waals surface area contributed by atoms with Crippen LogP contribution in [0.25, 0.3) is 0 Å². The molecule has 0 amide bonds. The lowest BCUT2D eigenvalue weighted by molar-refractivity contribution is -0.137. The van der Waals surface area contributed by atoms with Gasteiger partial charge in [-0.15, -0.1) is 0 Å². The van der Waals surface area contributed by atoms with E-state index >= 15 is 0 Å². The molecular weight excluding hydrogens is 219 g/mol. The number of aliphatic carboxylic acids is 1. The molecule has 82 valence electrons. The molecule has 4 heteroatoms. The normalized spacial score (nSPS) is 14.6. The van der Waals surface area contributed by atoms with Gasteiger partial charge in [-0.25, -0.2) is 4.39 Å². The summed E-state index contributed by atoms with van der Waals surface area (Å²) < 4.78 is 13.3. The lowest BCUT2D eigenvalue weighted by Crippen LogP contribution is -2.15. The number of alkyl halides is 1. The van der Waals surface area contributed by atoms with E-state index in [4.69, 9.17) is 16.7 Å². The minimum Gasteiger partial charge on any atom is -0.481 e. The van der Waals surface area contributed by atoms with E-state index < -0.39 is 18.1 Å². The van der Waals surface area contributed by atoms with E-state index in [0.717, 1.165) is 0 Å². The zero-order valence-electron chi connectivity index (χ0n) is 8.28. The predicted octanol–water partition coefficient (Wildman–Crippen LogP) is 3.26. The van der Waals surface area contributed by atoms with Crippen LogP contribution in [0, 0.1) is 0 Å². The average molecular weight is 231 g/mol. The van der Waals surface area contributed by atoms with Crippen LogP contribution in [0.4, 0.5) is 4.39 Å². The van der Waals surface area contributed by atoms with Crippen molar-refractivity contribution < 1.29 is 14.3 Å². The van der Waals surface area contributed by atoms with Crippen LogP contribution in [-0.2, 0) is 4.79 Å². The first-order valence-corrected chi connectivity index (χ1v) is 5.00. The summed E-state index contributed by atoms with van der Waals surface area (Å²) in [5.74, 6) is -1.71. The topological polar surface area (TPSA) is 37.3 Å². The third-order valence-corrected chi connectivity index (χ3v) is 2.60. The van der Waals surface area contributed by atoms with Crippen LogP contribution < -0.4 is 0 Å². The minimum absolute atomic E-state index is 0.249. The molecule has 0 aliphatic heterocycles. The van der Waals surface area contributed by atoms with Crippen molar-refractivity contribution in [2.45, 2.75) is 25.4 Å². The number of carbonyl (C=O) groups is 1. The first kappa shape index (κ1) is 12.0. The van der Waals surface area contributed by atoms with E-state index in [9.17, 15) is 9.18 Å². The summed E-state index contributed by atoms with van der Waals surface area (Å²) in [6.45, 7) is 1.34. The standard InChI is InChI=1S/C11H12ClFO2/c1-7(13)9(6-11(14)15)8-4-2-3-5-10(8)12/h2-5,7,9H,6H2,1H3,(H,14,15). The number of carboxylic acid groups (broad SMARTS) is 1. The fourth-order valence-electron chi connectivity index (χ4n) is 1.48. The zero-order chi connectivity index (χ0) is 11.4. The van der Waals surface area contributed by atoms with Crippen molar-refractivity contribution in [3.63, 3.8) is 0 Å². The Hall–Kier alpha value is -1.09. The number of hydrogen-bond acceptors (Lipinski definition) is 1. The Bertz CT molecular complexity index is 352. The minimum atomic E-state index is -1.24.